The quantitative estimate of drug-likeness (QED) is 0.479. The van der Waals surface area contributed by atoms with Gasteiger partial charge in [0.15, 0.2) is 5.69 Å². The van der Waals surface area contributed by atoms with Crippen LogP contribution in [-0.4, -0.2) is 41.6 Å². The Morgan fingerprint density at radius 3 is 2.42 bits per heavy atom. The number of hydrogen-bond donors (Lipinski definition) is 2. The summed E-state index contributed by atoms with van der Waals surface area (Å²) in [5, 5.41) is 17.8. The monoisotopic (exact) mass is 436 g/mol. The van der Waals surface area contributed by atoms with Crippen molar-refractivity contribution in [3.8, 4) is 5.69 Å². The summed E-state index contributed by atoms with van der Waals surface area (Å²) in [6, 6.07) is 13.3. The third kappa shape index (κ3) is 4.59. The molecule has 0 saturated carbocycles. The first-order chi connectivity index (χ1) is 15.0. The molecule has 2 amide bonds. The van der Waals surface area contributed by atoms with Gasteiger partial charge in [0.2, 0.25) is 5.91 Å². The molecule has 10 nitrogen and oxygen atoms in total. The zero-order valence-electron chi connectivity index (χ0n) is 16.3. The van der Waals surface area contributed by atoms with Crippen LogP contribution in [0.3, 0.4) is 0 Å². The van der Waals surface area contributed by atoms with Gasteiger partial charge in [0, 0.05) is 11.4 Å². The molecule has 1 atom stereocenters. The fourth-order valence-corrected chi connectivity index (χ4v) is 2.96. The van der Waals surface area contributed by atoms with Crippen molar-refractivity contribution in [2.75, 3.05) is 10.6 Å². The molecule has 0 aliphatic rings. The molecular formula is C20H17ClN8O2. The smallest absolute Gasteiger partial charge is 0.277 e. The normalized spacial score (nSPS) is 11.7. The molecule has 0 radical (unpaired) electrons. The van der Waals surface area contributed by atoms with Gasteiger partial charge in [-0.25, -0.2) is 14.3 Å². The number of halogens is 1. The molecule has 1 unspecified atom stereocenters. The fraction of sp³-hybridized carbons (Fsp3) is 0.100. The maximum absolute atomic E-state index is 12.5. The Morgan fingerprint density at radius 1 is 1.03 bits per heavy atom. The maximum Gasteiger partial charge on any atom is 0.277 e. The number of hydrogen-bond acceptors (Lipinski definition) is 6. The first-order valence-corrected chi connectivity index (χ1v) is 9.63. The van der Waals surface area contributed by atoms with Crippen LogP contribution in [0.1, 0.15) is 23.5 Å². The van der Waals surface area contributed by atoms with E-state index in [-0.39, 0.29) is 11.6 Å². The summed E-state index contributed by atoms with van der Waals surface area (Å²) >= 11 is 6.15. The minimum Gasteiger partial charge on any atom is -0.324 e. The Kier molecular flexibility index (Phi) is 5.72. The van der Waals surface area contributed by atoms with E-state index in [4.69, 9.17) is 11.6 Å². The third-order valence-corrected chi connectivity index (χ3v) is 4.77. The highest BCUT2D eigenvalue weighted by Gasteiger charge is 2.16. The average Bonchev–Trinajstić information content (AvgIpc) is 3.47. The van der Waals surface area contributed by atoms with Gasteiger partial charge >= 0.3 is 0 Å². The summed E-state index contributed by atoms with van der Waals surface area (Å²) in [4.78, 5) is 28.6. The van der Waals surface area contributed by atoms with Crippen molar-refractivity contribution in [1.29, 1.82) is 0 Å². The molecule has 2 aromatic carbocycles. The molecule has 0 saturated heterocycles. The van der Waals surface area contributed by atoms with Crippen molar-refractivity contribution < 1.29 is 9.59 Å². The van der Waals surface area contributed by atoms with E-state index in [9.17, 15) is 9.59 Å². The van der Waals surface area contributed by atoms with Crippen LogP contribution in [0.15, 0.2) is 67.4 Å². The van der Waals surface area contributed by atoms with E-state index in [1.807, 2.05) is 6.07 Å². The molecular weight excluding hydrogens is 420 g/mol. The Labute approximate surface area is 181 Å². The van der Waals surface area contributed by atoms with Crippen LogP contribution in [0.4, 0.5) is 11.4 Å². The lowest BCUT2D eigenvalue weighted by Crippen LogP contribution is -2.24. The van der Waals surface area contributed by atoms with Gasteiger partial charge in [-0.05, 0) is 43.3 Å². The number of nitrogens with one attached hydrogen (secondary N) is 2. The number of para-hydroxylation sites is 1. The highest BCUT2D eigenvalue weighted by molar-refractivity contribution is 6.32. The van der Waals surface area contributed by atoms with Crippen molar-refractivity contribution in [3.63, 3.8) is 0 Å². The van der Waals surface area contributed by atoms with Crippen LogP contribution < -0.4 is 10.6 Å². The first kappa shape index (κ1) is 20.2. The number of benzene rings is 2. The van der Waals surface area contributed by atoms with Gasteiger partial charge < -0.3 is 10.6 Å². The number of aromatic nitrogens is 6. The predicted molar refractivity (Wildman–Crippen MR) is 114 cm³/mol. The van der Waals surface area contributed by atoms with Crippen LogP contribution >= 0.6 is 11.6 Å². The minimum atomic E-state index is -0.511. The summed E-state index contributed by atoms with van der Waals surface area (Å²) in [5.41, 5.74) is 1.88. The number of amides is 2. The lowest BCUT2D eigenvalue weighted by atomic mass is 10.2. The second kappa shape index (κ2) is 8.76. The number of rotatable bonds is 6. The van der Waals surface area contributed by atoms with E-state index < -0.39 is 11.9 Å². The number of nitrogens with zero attached hydrogens (tertiary/aromatic N) is 6. The summed E-state index contributed by atoms with van der Waals surface area (Å²) in [6.07, 6.45) is 4.34. The zero-order valence-corrected chi connectivity index (χ0v) is 17.1. The van der Waals surface area contributed by atoms with Crippen LogP contribution in [0.25, 0.3) is 5.69 Å². The van der Waals surface area contributed by atoms with E-state index in [0.717, 1.165) is 0 Å². The third-order valence-electron chi connectivity index (χ3n) is 4.45. The van der Waals surface area contributed by atoms with Crippen molar-refractivity contribution in [3.05, 3.63) is 78.1 Å². The highest BCUT2D eigenvalue weighted by atomic mass is 35.5. The van der Waals surface area contributed by atoms with Gasteiger partial charge in [0.25, 0.3) is 5.91 Å². The summed E-state index contributed by atoms with van der Waals surface area (Å²) < 4.78 is 2.89. The summed E-state index contributed by atoms with van der Waals surface area (Å²) in [6.45, 7) is 1.72. The van der Waals surface area contributed by atoms with E-state index in [1.165, 1.54) is 28.2 Å². The Hall–Kier alpha value is -4.05. The van der Waals surface area contributed by atoms with Gasteiger partial charge in [-0.3, -0.25) is 9.59 Å². The molecule has 0 aliphatic heterocycles. The van der Waals surface area contributed by atoms with Gasteiger partial charge in [0.1, 0.15) is 18.7 Å². The standard InChI is InChI=1S/C20H17ClN8O2/c1-13(29-12-22-11-23-29)19(30)24-14-6-8-15(9-7-14)25-20(31)17-10-28(27-26-17)18-5-3-2-4-16(18)21/h2-13H,1H3,(H,24,30)(H,25,31). The Balaban J connectivity index is 1.38. The van der Waals surface area contributed by atoms with Crippen molar-refractivity contribution >= 4 is 34.8 Å². The molecule has 0 bridgehead atoms. The van der Waals surface area contributed by atoms with Crippen molar-refractivity contribution in [2.45, 2.75) is 13.0 Å². The SMILES string of the molecule is CC(C(=O)Nc1ccc(NC(=O)c2cn(-c3ccccc3Cl)nn2)cc1)n1cncn1. The average molecular weight is 437 g/mol. The van der Waals surface area contributed by atoms with Crippen LogP contribution in [0, 0.1) is 0 Å². The molecule has 31 heavy (non-hydrogen) atoms. The minimum absolute atomic E-state index is 0.138. The molecule has 0 aliphatic carbocycles. The second-order valence-electron chi connectivity index (χ2n) is 6.57. The lowest BCUT2D eigenvalue weighted by Gasteiger charge is -2.12. The highest BCUT2D eigenvalue weighted by Crippen LogP contribution is 2.19. The lowest BCUT2D eigenvalue weighted by molar-refractivity contribution is -0.119. The first-order valence-electron chi connectivity index (χ1n) is 9.25. The van der Waals surface area contributed by atoms with Crippen LogP contribution in [0.5, 0.6) is 0 Å². The molecule has 156 valence electrons. The van der Waals surface area contributed by atoms with Crippen molar-refractivity contribution in [1.82, 2.24) is 29.8 Å². The number of carbonyl (C=O) groups is 2. The number of carbonyl (C=O) groups excluding carboxylic acids is 2. The molecule has 11 heteroatoms. The fourth-order valence-electron chi connectivity index (χ4n) is 2.74. The van der Waals surface area contributed by atoms with Crippen LogP contribution in [0.2, 0.25) is 5.02 Å². The van der Waals surface area contributed by atoms with Gasteiger partial charge in [-0.15, -0.1) is 5.10 Å². The molecule has 4 rings (SSSR count). The largest absolute Gasteiger partial charge is 0.324 e. The van der Waals surface area contributed by atoms with Crippen LogP contribution in [-0.2, 0) is 4.79 Å². The van der Waals surface area contributed by atoms with E-state index in [0.29, 0.717) is 22.1 Å². The topological polar surface area (TPSA) is 120 Å². The molecule has 0 fully saturated rings. The van der Waals surface area contributed by atoms with Gasteiger partial charge in [0.05, 0.1) is 16.9 Å². The van der Waals surface area contributed by atoms with E-state index >= 15 is 0 Å². The molecule has 0 spiro atoms. The Bertz CT molecular complexity index is 1200. The Morgan fingerprint density at radius 2 is 1.74 bits per heavy atom. The molecule has 2 N–H and O–H groups in total. The second-order valence-corrected chi connectivity index (χ2v) is 6.98. The van der Waals surface area contributed by atoms with Gasteiger partial charge in [-0.2, -0.15) is 5.10 Å². The van der Waals surface area contributed by atoms with E-state index in [2.05, 4.69) is 31.0 Å². The van der Waals surface area contributed by atoms with Gasteiger partial charge in [-0.1, -0.05) is 28.9 Å². The number of anilines is 2. The molecule has 2 heterocycles. The molecule has 2 aromatic heterocycles. The van der Waals surface area contributed by atoms with Crippen molar-refractivity contribution in [2.24, 2.45) is 0 Å². The van der Waals surface area contributed by atoms with E-state index in [1.54, 1.807) is 49.4 Å². The predicted octanol–water partition coefficient (Wildman–Crippen LogP) is 2.96. The summed E-state index contributed by atoms with van der Waals surface area (Å²) in [7, 11) is 0. The molecule has 4 aromatic rings. The zero-order chi connectivity index (χ0) is 21.8. The summed E-state index contributed by atoms with van der Waals surface area (Å²) in [5.74, 6) is -0.659. The maximum atomic E-state index is 12.5.